The minimum atomic E-state index is -0.158. The highest BCUT2D eigenvalue weighted by Gasteiger charge is 2.15. The van der Waals surface area contributed by atoms with Gasteiger partial charge in [0.2, 0.25) is 6.79 Å². The molecule has 1 amide bonds. The minimum Gasteiger partial charge on any atom is -0.486 e. The second-order valence-corrected chi connectivity index (χ2v) is 7.08. The van der Waals surface area contributed by atoms with Crippen LogP contribution in [0.15, 0.2) is 23.6 Å². The monoisotopic (exact) mass is 391 g/mol. The van der Waals surface area contributed by atoms with Gasteiger partial charge < -0.3 is 24.3 Å². The smallest absolute Gasteiger partial charge is 0.270 e. The number of nitrogens with zero attached hydrogens (tertiary/aromatic N) is 2. The lowest BCUT2D eigenvalue weighted by Crippen LogP contribution is -2.41. The second kappa shape index (κ2) is 8.55. The van der Waals surface area contributed by atoms with Crippen molar-refractivity contribution in [1.82, 2.24) is 15.2 Å². The molecule has 0 spiro atoms. The Morgan fingerprint density at radius 3 is 3.00 bits per heavy atom. The van der Waals surface area contributed by atoms with Crippen molar-refractivity contribution < 1.29 is 23.7 Å². The van der Waals surface area contributed by atoms with Crippen molar-refractivity contribution in [2.24, 2.45) is 0 Å². The summed E-state index contributed by atoms with van der Waals surface area (Å²) in [6, 6.07) is 5.42. The van der Waals surface area contributed by atoms with E-state index in [0.717, 1.165) is 37.9 Å². The number of morpholine rings is 1. The van der Waals surface area contributed by atoms with E-state index >= 15 is 0 Å². The topological polar surface area (TPSA) is 82.2 Å². The average Bonchev–Trinajstić information content (AvgIpc) is 3.36. The van der Waals surface area contributed by atoms with E-state index < -0.39 is 0 Å². The van der Waals surface area contributed by atoms with Gasteiger partial charge in [-0.25, -0.2) is 4.98 Å². The molecule has 9 heteroatoms. The summed E-state index contributed by atoms with van der Waals surface area (Å²) in [6.45, 7) is 5.28. The standard InChI is InChI=1S/C18H21N3O5S/c22-18(19-3-4-21-5-7-23-8-6-21)14-11-27-17(20-14)10-24-13-1-2-15-16(9-13)26-12-25-15/h1-2,9,11H,3-8,10,12H2,(H,19,22). The maximum Gasteiger partial charge on any atom is 0.270 e. The fourth-order valence-electron chi connectivity index (χ4n) is 2.84. The largest absolute Gasteiger partial charge is 0.486 e. The van der Waals surface area contributed by atoms with Gasteiger partial charge in [0.25, 0.3) is 5.91 Å². The number of rotatable bonds is 7. The summed E-state index contributed by atoms with van der Waals surface area (Å²) < 4.78 is 21.7. The van der Waals surface area contributed by atoms with Crippen molar-refractivity contribution in [3.63, 3.8) is 0 Å². The fourth-order valence-corrected chi connectivity index (χ4v) is 3.52. The lowest BCUT2D eigenvalue weighted by Gasteiger charge is -2.26. The van der Waals surface area contributed by atoms with E-state index in [0.29, 0.717) is 36.1 Å². The number of hydrogen-bond donors (Lipinski definition) is 1. The van der Waals surface area contributed by atoms with Gasteiger partial charge in [-0.05, 0) is 12.1 Å². The molecule has 2 aromatic rings. The summed E-state index contributed by atoms with van der Waals surface area (Å²) >= 11 is 1.40. The maximum absolute atomic E-state index is 12.2. The second-order valence-electron chi connectivity index (χ2n) is 6.14. The Bertz CT molecular complexity index is 791. The Morgan fingerprint density at radius 2 is 2.11 bits per heavy atom. The summed E-state index contributed by atoms with van der Waals surface area (Å²) in [6.07, 6.45) is 0. The Morgan fingerprint density at radius 1 is 1.26 bits per heavy atom. The van der Waals surface area contributed by atoms with E-state index in [-0.39, 0.29) is 12.7 Å². The van der Waals surface area contributed by atoms with Gasteiger partial charge in [-0.3, -0.25) is 9.69 Å². The van der Waals surface area contributed by atoms with Crippen LogP contribution in [0.25, 0.3) is 0 Å². The molecule has 1 aromatic heterocycles. The number of aromatic nitrogens is 1. The van der Waals surface area contributed by atoms with Crippen molar-refractivity contribution >= 4 is 17.2 Å². The molecule has 0 saturated carbocycles. The number of carbonyl (C=O) groups excluding carboxylic acids is 1. The van der Waals surface area contributed by atoms with Gasteiger partial charge in [-0.2, -0.15) is 0 Å². The quantitative estimate of drug-likeness (QED) is 0.766. The fraction of sp³-hybridized carbons (Fsp3) is 0.444. The Kier molecular flexibility index (Phi) is 5.71. The summed E-state index contributed by atoms with van der Waals surface area (Å²) in [5.74, 6) is 1.90. The van der Waals surface area contributed by atoms with Gasteiger partial charge in [-0.15, -0.1) is 11.3 Å². The van der Waals surface area contributed by atoms with E-state index in [4.69, 9.17) is 18.9 Å². The third-order valence-electron chi connectivity index (χ3n) is 4.31. The van der Waals surface area contributed by atoms with Crippen LogP contribution < -0.4 is 19.5 Å². The number of fused-ring (bicyclic) bond motifs is 1. The molecule has 1 saturated heterocycles. The molecule has 4 rings (SSSR count). The molecule has 27 heavy (non-hydrogen) atoms. The Hall–Kier alpha value is -2.36. The zero-order valence-electron chi connectivity index (χ0n) is 14.8. The van der Waals surface area contributed by atoms with E-state index in [2.05, 4.69) is 15.2 Å². The molecule has 0 bridgehead atoms. The first-order chi connectivity index (χ1) is 13.3. The SMILES string of the molecule is O=C(NCCN1CCOCC1)c1csc(COc2ccc3c(c2)OCO3)n1. The third-order valence-corrected chi connectivity index (χ3v) is 5.13. The molecular formula is C18H21N3O5S. The van der Waals surface area contributed by atoms with Crippen molar-refractivity contribution in [3.05, 3.63) is 34.3 Å². The van der Waals surface area contributed by atoms with Crippen LogP contribution in [0, 0.1) is 0 Å². The van der Waals surface area contributed by atoms with Crippen LogP contribution in [0.4, 0.5) is 0 Å². The van der Waals surface area contributed by atoms with E-state index in [1.807, 2.05) is 12.1 Å². The summed E-state index contributed by atoms with van der Waals surface area (Å²) in [5.41, 5.74) is 0.422. The molecule has 0 atom stereocenters. The van der Waals surface area contributed by atoms with Crippen molar-refractivity contribution in [2.45, 2.75) is 6.61 Å². The van der Waals surface area contributed by atoms with Gasteiger partial charge in [0.1, 0.15) is 23.1 Å². The molecular weight excluding hydrogens is 370 g/mol. The normalized spacial score (nSPS) is 16.3. The van der Waals surface area contributed by atoms with Crippen LogP contribution in [0.5, 0.6) is 17.2 Å². The first-order valence-corrected chi connectivity index (χ1v) is 9.71. The van der Waals surface area contributed by atoms with E-state index in [9.17, 15) is 4.79 Å². The van der Waals surface area contributed by atoms with Crippen molar-refractivity contribution in [3.8, 4) is 17.2 Å². The molecule has 1 fully saturated rings. The zero-order chi connectivity index (χ0) is 18.5. The minimum absolute atomic E-state index is 0.158. The molecule has 0 aliphatic carbocycles. The molecule has 8 nitrogen and oxygen atoms in total. The number of nitrogens with one attached hydrogen (secondary N) is 1. The zero-order valence-corrected chi connectivity index (χ0v) is 15.6. The maximum atomic E-state index is 12.2. The van der Waals surface area contributed by atoms with E-state index in [1.165, 1.54) is 11.3 Å². The highest BCUT2D eigenvalue weighted by Crippen LogP contribution is 2.35. The summed E-state index contributed by atoms with van der Waals surface area (Å²) in [7, 11) is 0. The average molecular weight is 391 g/mol. The van der Waals surface area contributed by atoms with Crippen LogP contribution in [0.3, 0.4) is 0 Å². The van der Waals surface area contributed by atoms with Crippen LogP contribution >= 0.6 is 11.3 Å². The summed E-state index contributed by atoms with van der Waals surface area (Å²) in [5, 5.41) is 5.41. The molecule has 0 unspecified atom stereocenters. The van der Waals surface area contributed by atoms with Gasteiger partial charge in [0, 0.05) is 37.6 Å². The van der Waals surface area contributed by atoms with Crippen molar-refractivity contribution in [1.29, 1.82) is 0 Å². The highest BCUT2D eigenvalue weighted by molar-refractivity contribution is 7.09. The highest BCUT2D eigenvalue weighted by atomic mass is 32.1. The first kappa shape index (κ1) is 18.0. The van der Waals surface area contributed by atoms with Gasteiger partial charge in [0.05, 0.1) is 13.2 Å². The lowest BCUT2D eigenvalue weighted by molar-refractivity contribution is 0.0383. The molecule has 0 radical (unpaired) electrons. The number of thiazole rings is 1. The number of ether oxygens (including phenoxy) is 4. The molecule has 2 aliphatic rings. The van der Waals surface area contributed by atoms with Crippen LogP contribution in [-0.4, -0.2) is 62.0 Å². The molecule has 3 heterocycles. The van der Waals surface area contributed by atoms with Crippen LogP contribution in [0.2, 0.25) is 0 Å². The predicted octanol–water partition coefficient (Wildman–Crippen LogP) is 1.51. The molecule has 1 aromatic carbocycles. The summed E-state index contributed by atoms with van der Waals surface area (Å²) in [4.78, 5) is 18.8. The lowest BCUT2D eigenvalue weighted by atomic mass is 10.3. The number of amides is 1. The van der Waals surface area contributed by atoms with Crippen LogP contribution in [-0.2, 0) is 11.3 Å². The molecule has 1 N–H and O–H groups in total. The first-order valence-electron chi connectivity index (χ1n) is 8.83. The predicted molar refractivity (Wildman–Crippen MR) is 98.6 cm³/mol. The van der Waals surface area contributed by atoms with Crippen molar-refractivity contribution in [2.75, 3.05) is 46.2 Å². The molecule has 144 valence electrons. The number of hydrogen-bond acceptors (Lipinski definition) is 8. The van der Waals surface area contributed by atoms with Crippen LogP contribution in [0.1, 0.15) is 15.5 Å². The third kappa shape index (κ3) is 4.68. The van der Waals surface area contributed by atoms with Gasteiger partial charge in [0.15, 0.2) is 11.5 Å². The van der Waals surface area contributed by atoms with Gasteiger partial charge >= 0.3 is 0 Å². The molecule has 2 aliphatic heterocycles. The Labute approximate surface area is 161 Å². The number of benzene rings is 1. The Balaban J connectivity index is 1.23. The number of carbonyl (C=O) groups is 1. The van der Waals surface area contributed by atoms with Gasteiger partial charge in [-0.1, -0.05) is 0 Å². The van der Waals surface area contributed by atoms with E-state index in [1.54, 1.807) is 11.4 Å².